The van der Waals surface area contributed by atoms with E-state index in [-0.39, 0.29) is 11.8 Å². The van der Waals surface area contributed by atoms with Crippen molar-refractivity contribution in [3.63, 3.8) is 0 Å². The third kappa shape index (κ3) is 5.10. The molecule has 0 unspecified atom stereocenters. The molecule has 4 aromatic rings. The number of aryl methyl sites for hydroxylation is 1. The molecule has 2 amide bonds. The van der Waals surface area contributed by atoms with E-state index in [0.29, 0.717) is 29.8 Å². The lowest BCUT2D eigenvalue weighted by molar-refractivity contribution is 0.0952. The first-order valence-electron chi connectivity index (χ1n) is 10.4. The monoisotopic (exact) mass is 424 g/mol. The normalized spacial score (nSPS) is 10.5. The van der Waals surface area contributed by atoms with Crippen LogP contribution in [0.5, 0.6) is 0 Å². The standard InChI is InChI=1S/C26H24N4O2/c1-19-12-13-22(16-24(19)29-26(32)21-8-4-2-5-9-21)25(31)27-15-14-20-17-28-30(18-20)23-10-6-3-7-11-23/h2-13,16-18H,14-15H2,1H3,(H,27,31)(H,29,32). The summed E-state index contributed by atoms with van der Waals surface area (Å²) in [7, 11) is 0. The largest absolute Gasteiger partial charge is 0.352 e. The van der Waals surface area contributed by atoms with Crippen LogP contribution in [0.25, 0.3) is 5.69 Å². The number of carbonyl (C=O) groups is 2. The fraction of sp³-hybridized carbons (Fsp3) is 0.115. The van der Waals surface area contributed by atoms with E-state index in [4.69, 9.17) is 0 Å². The quantitative estimate of drug-likeness (QED) is 0.462. The molecule has 1 heterocycles. The molecule has 0 bridgehead atoms. The van der Waals surface area contributed by atoms with Gasteiger partial charge in [-0.3, -0.25) is 9.59 Å². The summed E-state index contributed by atoms with van der Waals surface area (Å²) in [6, 6.07) is 24.2. The second-order valence-corrected chi connectivity index (χ2v) is 7.48. The van der Waals surface area contributed by atoms with Gasteiger partial charge in [0.25, 0.3) is 11.8 Å². The predicted octanol–water partition coefficient (Wildman–Crippen LogP) is 4.41. The number of anilines is 1. The first-order chi connectivity index (χ1) is 15.6. The molecule has 6 heteroatoms. The number of hydrogen-bond acceptors (Lipinski definition) is 3. The van der Waals surface area contributed by atoms with Crippen molar-refractivity contribution in [1.29, 1.82) is 0 Å². The Kier molecular flexibility index (Phi) is 6.41. The molecule has 6 nitrogen and oxygen atoms in total. The molecule has 0 spiro atoms. The maximum absolute atomic E-state index is 12.6. The Bertz CT molecular complexity index is 1220. The summed E-state index contributed by atoms with van der Waals surface area (Å²) >= 11 is 0. The molecule has 0 fully saturated rings. The van der Waals surface area contributed by atoms with Gasteiger partial charge in [-0.1, -0.05) is 42.5 Å². The third-order valence-electron chi connectivity index (χ3n) is 5.14. The lowest BCUT2D eigenvalue weighted by Crippen LogP contribution is -2.26. The molecule has 0 atom stereocenters. The molecule has 3 aromatic carbocycles. The zero-order valence-corrected chi connectivity index (χ0v) is 17.8. The van der Waals surface area contributed by atoms with E-state index in [2.05, 4.69) is 15.7 Å². The molecule has 160 valence electrons. The van der Waals surface area contributed by atoms with Crippen molar-refractivity contribution in [1.82, 2.24) is 15.1 Å². The molecular formula is C26H24N4O2. The summed E-state index contributed by atoms with van der Waals surface area (Å²) in [5.41, 5.74) is 4.60. The summed E-state index contributed by atoms with van der Waals surface area (Å²) in [5, 5.41) is 10.2. The molecule has 2 N–H and O–H groups in total. The summed E-state index contributed by atoms with van der Waals surface area (Å²) in [4.78, 5) is 25.1. The fourth-order valence-electron chi connectivity index (χ4n) is 3.32. The highest BCUT2D eigenvalue weighted by molar-refractivity contribution is 6.05. The highest BCUT2D eigenvalue weighted by Gasteiger charge is 2.11. The lowest BCUT2D eigenvalue weighted by atomic mass is 10.1. The molecule has 0 saturated carbocycles. The van der Waals surface area contributed by atoms with Gasteiger partial charge in [0.2, 0.25) is 0 Å². The van der Waals surface area contributed by atoms with Crippen LogP contribution in [-0.2, 0) is 6.42 Å². The Morgan fingerprint density at radius 3 is 2.34 bits per heavy atom. The summed E-state index contributed by atoms with van der Waals surface area (Å²) in [6.07, 6.45) is 4.44. The maximum Gasteiger partial charge on any atom is 0.255 e. The molecule has 0 aliphatic heterocycles. The second kappa shape index (κ2) is 9.75. The van der Waals surface area contributed by atoms with Gasteiger partial charge in [-0.25, -0.2) is 4.68 Å². The van der Waals surface area contributed by atoms with Crippen molar-refractivity contribution in [2.24, 2.45) is 0 Å². The smallest absolute Gasteiger partial charge is 0.255 e. The first-order valence-corrected chi connectivity index (χ1v) is 10.4. The van der Waals surface area contributed by atoms with Crippen LogP contribution in [0.15, 0.2) is 91.3 Å². The van der Waals surface area contributed by atoms with Crippen LogP contribution in [0.1, 0.15) is 31.8 Å². The van der Waals surface area contributed by atoms with Gasteiger partial charge in [-0.05, 0) is 60.9 Å². The van der Waals surface area contributed by atoms with Gasteiger partial charge in [-0.2, -0.15) is 5.10 Å². The third-order valence-corrected chi connectivity index (χ3v) is 5.14. The molecule has 4 rings (SSSR count). The minimum atomic E-state index is -0.207. The van der Waals surface area contributed by atoms with Crippen molar-refractivity contribution >= 4 is 17.5 Å². The van der Waals surface area contributed by atoms with Crippen molar-refractivity contribution in [3.8, 4) is 5.69 Å². The lowest BCUT2D eigenvalue weighted by Gasteiger charge is -2.11. The molecule has 1 aromatic heterocycles. The van der Waals surface area contributed by atoms with Gasteiger partial charge in [0.15, 0.2) is 0 Å². The summed E-state index contributed by atoms with van der Waals surface area (Å²) in [6.45, 7) is 2.38. The molecule has 0 radical (unpaired) electrons. The van der Waals surface area contributed by atoms with Crippen LogP contribution in [0.2, 0.25) is 0 Å². The van der Waals surface area contributed by atoms with E-state index in [1.165, 1.54) is 0 Å². The van der Waals surface area contributed by atoms with E-state index in [1.807, 2.05) is 78.6 Å². The Hall–Kier alpha value is -4.19. The zero-order valence-electron chi connectivity index (χ0n) is 17.8. The first kappa shape index (κ1) is 21.1. The average molecular weight is 425 g/mol. The number of amides is 2. The van der Waals surface area contributed by atoms with Crippen LogP contribution >= 0.6 is 0 Å². The van der Waals surface area contributed by atoms with Crippen LogP contribution < -0.4 is 10.6 Å². The fourth-order valence-corrected chi connectivity index (χ4v) is 3.32. The Labute approximate surface area is 186 Å². The molecular weight excluding hydrogens is 400 g/mol. The Morgan fingerprint density at radius 2 is 1.59 bits per heavy atom. The SMILES string of the molecule is Cc1ccc(C(=O)NCCc2cnn(-c3ccccc3)c2)cc1NC(=O)c1ccccc1. The van der Waals surface area contributed by atoms with Crippen molar-refractivity contribution in [3.05, 3.63) is 114 Å². The van der Waals surface area contributed by atoms with Gasteiger partial charge in [0, 0.05) is 29.6 Å². The van der Waals surface area contributed by atoms with Crippen molar-refractivity contribution in [2.45, 2.75) is 13.3 Å². The topological polar surface area (TPSA) is 76.0 Å². The number of benzene rings is 3. The summed E-state index contributed by atoms with van der Waals surface area (Å²) < 4.78 is 1.82. The van der Waals surface area contributed by atoms with E-state index in [9.17, 15) is 9.59 Å². The Morgan fingerprint density at radius 1 is 0.875 bits per heavy atom. The van der Waals surface area contributed by atoms with E-state index >= 15 is 0 Å². The predicted molar refractivity (Wildman–Crippen MR) is 125 cm³/mol. The molecule has 0 saturated heterocycles. The number of hydrogen-bond donors (Lipinski definition) is 2. The van der Waals surface area contributed by atoms with Crippen LogP contribution in [0.4, 0.5) is 5.69 Å². The number of rotatable bonds is 7. The molecule has 0 aliphatic rings. The van der Waals surface area contributed by atoms with Gasteiger partial charge in [-0.15, -0.1) is 0 Å². The van der Waals surface area contributed by atoms with Crippen LogP contribution in [0, 0.1) is 6.92 Å². The minimum Gasteiger partial charge on any atom is -0.352 e. The van der Waals surface area contributed by atoms with E-state index < -0.39 is 0 Å². The van der Waals surface area contributed by atoms with Gasteiger partial charge >= 0.3 is 0 Å². The average Bonchev–Trinajstić information content (AvgIpc) is 3.30. The van der Waals surface area contributed by atoms with Crippen molar-refractivity contribution < 1.29 is 9.59 Å². The second-order valence-electron chi connectivity index (χ2n) is 7.48. The highest BCUT2D eigenvalue weighted by Crippen LogP contribution is 2.18. The number of nitrogens with zero attached hydrogens (tertiary/aromatic N) is 2. The number of carbonyl (C=O) groups excluding carboxylic acids is 2. The summed E-state index contributed by atoms with van der Waals surface area (Å²) in [5.74, 6) is -0.391. The Balaban J connectivity index is 1.35. The number of para-hydroxylation sites is 1. The van der Waals surface area contributed by atoms with E-state index in [0.717, 1.165) is 16.8 Å². The van der Waals surface area contributed by atoms with E-state index in [1.54, 1.807) is 24.3 Å². The van der Waals surface area contributed by atoms with Crippen LogP contribution in [-0.4, -0.2) is 28.1 Å². The van der Waals surface area contributed by atoms with Gasteiger partial charge in [0.05, 0.1) is 11.9 Å². The molecule has 32 heavy (non-hydrogen) atoms. The molecule has 0 aliphatic carbocycles. The zero-order chi connectivity index (χ0) is 22.3. The maximum atomic E-state index is 12.6. The number of nitrogens with one attached hydrogen (secondary N) is 2. The van der Waals surface area contributed by atoms with Crippen LogP contribution in [0.3, 0.4) is 0 Å². The highest BCUT2D eigenvalue weighted by atomic mass is 16.2. The van der Waals surface area contributed by atoms with Gasteiger partial charge in [0.1, 0.15) is 0 Å². The number of aromatic nitrogens is 2. The minimum absolute atomic E-state index is 0.185. The van der Waals surface area contributed by atoms with Crippen molar-refractivity contribution in [2.75, 3.05) is 11.9 Å². The van der Waals surface area contributed by atoms with Gasteiger partial charge < -0.3 is 10.6 Å².